The van der Waals surface area contributed by atoms with Crippen LogP contribution in [0, 0.1) is 0 Å². The van der Waals surface area contributed by atoms with Crippen LogP contribution in [-0.2, 0) is 11.8 Å². The Labute approximate surface area is 178 Å². The minimum absolute atomic E-state index is 0.185. The Morgan fingerprint density at radius 3 is 2.60 bits per heavy atom. The summed E-state index contributed by atoms with van der Waals surface area (Å²) in [5.41, 5.74) is 1.15. The number of ether oxygens (including phenoxy) is 2. The van der Waals surface area contributed by atoms with E-state index in [1.807, 2.05) is 30.3 Å². The lowest BCUT2D eigenvalue weighted by molar-refractivity contribution is -0.110. The van der Waals surface area contributed by atoms with Crippen molar-refractivity contribution in [1.82, 2.24) is 4.57 Å². The number of rotatable bonds is 7. The minimum Gasteiger partial charge on any atom is -0.495 e. The number of aromatic nitrogens is 1. The SMILES string of the molecule is C=CCOc1ccccc1/C=c1\s/c(=C/C(=O)Nc2ccccc2OC)n(C)c1=O. The Morgan fingerprint density at radius 2 is 1.87 bits per heavy atom. The molecule has 1 N–H and O–H groups in total. The summed E-state index contributed by atoms with van der Waals surface area (Å²) in [5, 5.41) is 2.78. The number of hydrogen-bond acceptors (Lipinski definition) is 5. The molecule has 0 atom stereocenters. The van der Waals surface area contributed by atoms with Crippen LogP contribution in [0.2, 0.25) is 0 Å². The van der Waals surface area contributed by atoms with Crippen LogP contribution >= 0.6 is 11.3 Å². The molecule has 0 unspecified atom stereocenters. The molecule has 0 aliphatic carbocycles. The first-order valence-electron chi connectivity index (χ1n) is 9.19. The van der Waals surface area contributed by atoms with E-state index < -0.39 is 0 Å². The molecule has 0 saturated carbocycles. The first-order chi connectivity index (χ1) is 14.5. The van der Waals surface area contributed by atoms with Gasteiger partial charge in [-0.1, -0.05) is 43.0 Å². The third-order valence-electron chi connectivity index (χ3n) is 4.24. The van der Waals surface area contributed by atoms with E-state index in [0.717, 1.165) is 5.56 Å². The zero-order chi connectivity index (χ0) is 21.5. The number of para-hydroxylation sites is 3. The zero-order valence-electron chi connectivity index (χ0n) is 16.8. The highest BCUT2D eigenvalue weighted by Crippen LogP contribution is 2.22. The number of carbonyl (C=O) groups is 1. The molecule has 1 heterocycles. The fourth-order valence-electron chi connectivity index (χ4n) is 2.76. The molecule has 1 aromatic heterocycles. The Balaban J connectivity index is 1.96. The monoisotopic (exact) mass is 422 g/mol. The second-order valence-corrected chi connectivity index (χ2v) is 7.35. The summed E-state index contributed by atoms with van der Waals surface area (Å²) < 4.78 is 13.4. The lowest BCUT2D eigenvalue weighted by Crippen LogP contribution is -2.29. The number of thiazole rings is 1. The molecule has 0 spiro atoms. The number of benzene rings is 2. The smallest absolute Gasteiger partial charge is 0.268 e. The van der Waals surface area contributed by atoms with Gasteiger partial charge in [0.05, 0.1) is 17.3 Å². The molecule has 0 bridgehead atoms. The van der Waals surface area contributed by atoms with Crippen LogP contribution in [0.1, 0.15) is 5.56 Å². The van der Waals surface area contributed by atoms with Crippen LogP contribution in [-0.4, -0.2) is 24.2 Å². The van der Waals surface area contributed by atoms with E-state index in [9.17, 15) is 9.59 Å². The van der Waals surface area contributed by atoms with Gasteiger partial charge in [-0.25, -0.2) is 0 Å². The normalized spacial score (nSPS) is 11.9. The molecule has 1 amide bonds. The molecule has 154 valence electrons. The van der Waals surface area contributed by atoms with E-state index in [0.29, 0.717) is 33.0 Å². The van der Waals surface area contributed by atoms with Gasteiger partial charge in [-0.3, -0.25) is 9.59 Å². The van der Waals surface area contributed by atoms with Crippen molar-refractivity contribution < 1.29 is 14.3 Å². The minimum atomic E-state index is -0.349. The largest absolute Gasteiger partial charge is 0.495 e. The number of methoxy groups -OCH3 is 1. The number of nitrogens with zero attached hydrogens (tertiary/aromatic N) is 1. The fourth-order valence-corrected chi connectivity index (χ4v) is 3.78. The summed E-state index contributed by atoms with van der Waals surface area (Å²) in [4.78, 5) is 25.2. The molecule has 0 aliphatic heterocycles. The van der Waals surface area contributed by atoms with Crippen LogP contribution in [0.4, 0.5) is 5.69 Å². The number of hydrogen-bond donors (Lipinski definition) is 1. The molecule has 0 saturated heterocycles. The summed E-state index contributed by atoms with van der Waals surface area (Å²) in [6, 6.07) is 14.6. The number of carbonyl (C=O) groups excluding carboxylic acids is 1. The van der Waals surface area contributed by atoms with Crippen LogP contribution in [0.5, 0.6) is 11.5 Å². The van der Waals surface area contributed by atoms with E-state index in [-0.39, 0.29) is 11.5 Å². The Hall–Kier alpha value is -3.58. The van der Waals surface area contributed by atoms with E-state index in [2.05, 4.69) is 11.9 Å². The summed E-state index contributed by atoms with van der Waals surface area (Å²) in [6.07, 6.45) is 4.82. The van der Waals surface area contributed by atoms with Gasteiger partial charge in [0.1, 0.15) is 22.8 Å². The average Bonchev–Trinajstić information content (AvgIpc) is 3.01. The van der Waals surface area contributed by atoms with Gasteiger partial charge in [-0.2, -0.15) is 0 Å². The second kappa shape index (κ2) is 9.76. The molecule has 0 radical (unpaired) electrons. The van der Waals surface area contributed by atoms with Crippen molar-refractivity contribution in [2.24, 2.45) is 7.05 Å². The van der Waals surface area contributed by atoms with Gasteiger partial charge in [0.15, 0.2) is 0 Å². The average molecular weight is 423 g/mol. The van der Waals surface area contributed by atoms with Gasteiger partial charge in [0, 0.05) is 18.7 Å². The number of amides is 1. The van der Waals surface area contributed by atoms with Crippen LogP contribution in [0.25, 0.3) is 12.2 Å². The van der Waals surface area contributed by atoms with Gasteiger partial charge in [-0.05, 0) is 24.3 Å². The van der Waals surface area contributed by atoms with Crippen molar-refractivity contribution in [2.75, 3.05) is 19.0 Å². The first-order valence-corrected chi connectivity index (χ1v) is 10.0. The van der Waals surface area contributed by atoms with Crippen LogP contribution in [0.3, 0.4) is 0 Å². The molecule has 3 aromatic rings. The third-order valence-corrected chi connectivity index (χ3v) is 5.36. The zero-order valence-corrected chi connectivity index (χ0v) is 17.6. The lowest BCUT2D eigenvalue weighted by Gasteiger charge is -2.07. The number of anilines is 1. The first kappa shape index (κ1) is 21.1. The lowest BCUT2D eigenvalue weighted by atomic mass is 10.2. The van der Waals surface area contributed by atoms with E-state index in [4.69, 9.17) is 9.47 Å². The number of nitrogens with one attached hydrogen (secondary N) is 1. The van der Waals surface area contributed by atoms with E-state index in [1.54, 1.807) is 37.4 Å². The highest BCUT2D eigenvalue weighted by molar-refractivity contribution is 7.07. The summed E-state index contributed by atoms with van der Waals surface area (Å²) in [5.74, 6) is 0.870. The highest BCUT2D eigenvalue weighted by atomic mass is 32.1. The molecular formula is C23H22N2O4S. The molecule has 2 aromatic carbocycles. The van der Waals surface area contributed by atoms with E-state index >= 15 is 0 Å². The van der Waals surface area contributed by atoms with Crippen molar-refractivity contribution in [3.05, 3.63) is 86.3 Å². The Kier molecular flexibility index (Phi) is 6.87. The van der Waals surface area contributed by atoms with Crippen molar-refractivity contribution in [3.8, 4) is 11.5 Å². The molecule has 7 heteroatoms. The second-order valence-electron chi connectivity index (χ2n) is 6.28. The third kappa shape index (κ3) is 4.87. The van der Waals surface area contributed by atoms with Crippen LogP contribution in [0.15, 0.2) is 66.0 Å². The predicted molar refractivity (Wildman–Crippen MR) is 121 cm³/mol. The maximum atomic E-state index is 12.7. The van der Waals surface area contributed by atoms with Gasteiger partial charge in [0.25, 0.3) is 11.5 Å². The van der Waals surface area contributed by atoms with Crippen LogP contribution < -0.4 is 29.5 Å². The summed E-state index contributed by atoms with van der Waals surface area (Å²) >= 11 is 1.23. The Bertz CT molecular complexity index is 1240. The maximum absolute atomic E-state index is 12.7. The van der Waals surface area contributed by atoms with Gasteiger partial charge < -0.3 is 19.4 Å². The van der Waals surface area contributed by atoms with Crippen molar-refractivity contribution in [3.63, 3.8) is 0 Å². The molecule has 30 heavy (non-hydrogen) atoms. The molecular weight excluding hydrogens is 400 g/mol. The van der Waals surface area contributed by atoms with Gasteiger partial charge >= 0.3 is 0 Å². The van der Waals surface area contributed by atoms with Gasteiger partial charge in [0.2, 0.25) is 0 Å². The quantitative estimate of drug-likeness (QED) is 0.593. The summed E-state index contributed by atoms with van der Waals surface area (Å²) in [7, 11) is 3.18. The topological polar surface area (TPSA) is 69.6 Å². The van der Waals surface area contributed by atoms with Crippen molar-refractivity contribution in [1.29, 1.82) is 0 Å². The molecule has 0 aliphatic rings. The van der Waals surface area contributed by atoms with E-state index in [1.165, 1.54) is 29.1 Å². The Morgan fingerprint density at radius 1 is 1.17 bits per heavy atom. The standard InChI is InChI=1S/C23H22N2O4S/c1-4-13-29-18-11-7-5-9-16(18)14-20-23(27)25(2)22(30-20)15-21(26)24-17-10-6-8-12-19(17)28-3/h4-12,14-15H,1,13H2,2-3H3,(H,24,26)/b20-14-,22-15+. The molecule has 6 nitrogen and oxygen atoms in total. The van der Waals surface area contributed by atoms with Crippen molar-refractivity contribution in [2.45, 2.75) is 0 Å². The maximum Gasteiger partial charge on any atom is 0.268 e. The van der Waals surface area contributed by atoms with Gasteiger partial charge in [-0.15, -0.1) is 11.3 Å². The molecule has 3 rings (SSSR count). The highest BCUT2D eigenvalue weighted by Gasteiger charge is 2.07. The fraction of sp³-hybridized carbons (Fsp3) is 0.130. The molecule has 0 fully saturated rings. The summed E-state index contributed by atoms with van der Waals surface area (Å²) in [6.45, 7) is 4.02. The van der Waals surface area contributed by atoms with Crippen molar-refractivity contribution >= 4 is 35.1 Å². The predicted octanol–water partition coefficient (Wildman–Crippen LogP) is 2.27.